The number of benzene rings is 1. The van der Waals surface area contributed by atoms with Crippen molar-refractivity contribution in [2.45, 2.75) is 25.3 Å². The number of piperidine rings is 1. The zero-order chi connectivity index (χ0) is 14.0. The van der Waals surface area contributed by atoms with E-state index < -0.39 is 34.8 Å². The first-order valence-corrected chi connectivity index (χ1v) is 6.01. The first kappa shape index (κ1) is 14.0. The fraction of sp³-hybridized carbons (Fsp3) is 0.500. The zero-order valence-corrected chi connectivity index (χ0v) is 10.0. The molecule has 19 heavy (non-hydrogen) atoms. The Morgan fingerprint density at radius 3 is 2.00 bits per heavy atom. The predicted octanol–water partition coefficient (Wildman–Crippen LogP) is 2.94. The second kappa shape index (κ2) is 5.73. The minimum atomic E-state index is -2.14. The lowest BCUT2D eigenvalue weighted by atomic mass is 10.1. The van der Waals surface area contributed by atoms with Crippen molar-refractivity contribution in [2.24, 2.45) is 0 Å². The highest BCUT2D eigenvalue weighted by Crippen LogP contribution is 2.27. The van der Waals surface area contributed by atoms with E-state index in [1.807, 2.05) is 0 Å². The molecule has 1 heterocycles. The van der Waals surface area contributed by atoms with E-state index in [1.54, 1.807) is 0 Å². The fourth-order valence-corrected chi connectivity index (χ4v) is 2.08. The maximum atomic E-state index is 13.4. The molecule has 1 saturated heterocycles. The topological polar surface area (TPSA) is 24.1 Å². The predicted molar refractivity (Wildman–Crippen MR) is 60.4 cm³/mol. The summed E-state index contributed by atoms with van der Waals surface area (Å²) >= 11 is 0. The van der Waals surface area contributed by atoms with Crippen LogP contribution in [0.4, 0.5) is 27.6 Å². The van der Waals surface area contributed by atoms with Gasteiger partial charge in [0.15, 0.2) is 23.3 Å². The van der Waals surface area contributed by atoms with Crippen LogP contribution in [-0.4, -0.2) is 19.1 Å². The lowest BCUT2D eigenvalue weighted by Gasteiger charge is -2.24. The molecule has 1 unspecified atom stereocenters. The molecule has 2 nitrogen and oxygen atoms in total. The molecule has 0 spiro atoms. The van der Waals surface area contributed by atoms with Gasteiger partial charge in [0.25, 0.3) is 0 Å². The maximum Gasteiger partial charge on any atom is 0.200 e. The maximum absolute atomic E-state index is 13.4. The van der Waals surface area contributed by atoms with E-state index in [0.717, 1.165) is 25.8 Å². The zero-order valence-electron chi connectivity index (χ0n) is 10.0. The minimum absolute atomic E-state index is 0.0382. The van der Waals surface area contributed by atoms with Gasteiger partial charge < -0.3 is 10.6 Å². The normalized spacial score (nSPS) is 19.5. The summed E-state index contributed by atoms with van der Waals surface area (Å²) in [4.78, 5) is 0. The molecule has 106 valence electrons. The molecule has 1 aromatic carbocycles. The van der Waals surface area contributed by atoms with Crippen LogP contribution >= 0.6 is 0 Å². The van der Waals surface area contributed by atoms with Crippen LogP contribution in [0.25, 0.3) is 0 Å². The third kappa shape index (κ3) is 2.80. The molecule has 0 aliphatic carbocycles. The Kier molecular flexibility index (Phi) is 4.24. The molecule has 0 aromatic heterocycles. The van der Waals surface area contributed by atoms with Gasteiger partial charge in [-0.25, -0.2) is 22.0 Å². The van der Waals surface area contributed by atoms with E-state index in [9.17, 15) is 22.0 Å². The highest BCUT2D eigenvalue weighted by molar-refractivity contribution is 5.47. The van der Waals surface area contributed by atoms with Gasteiger partial charge in [0, 0.05) is 12.6 Å². The first-order valence-electron chi connectivity index (χ1n) is 6.01. The summed E-state index contributed by atoms with van der Waals surface area (Å²) in [5.74, 6) is -9.66. The van der Waals surface area contributed by atoms with Crippen LogP contribution in [0, 0.1) is 29.1 Å². The molecular formula is C12H13F5N2. The number of rotatable bonds is 3. The molecule has 1 aromatic rings. The summed E-state index contributed by atoms with van der Waals surface area (Å²) in [5, 5.41) is 5.40. The number of halogens is 5. The van der Waals surface area contributed by atoms with Crippen molar-refractivity contribution in [3.05, 3.63) is 29.1 Å². The Hall–Kier alpha value is -1.37. The molecule has 0 bridgehead atoms. The molecular weight excluding hydrogens is 267 g/mol. The average molecular weight is 280 g/mol. The standard InChI is InChI=1S/C12H13F5N2/c13-7-8(14)10(16)12(11(17)9(7)15)19-5-6-3-1-2-4-18-6/h6,18-19H,1-5H2. The molecule has 0 saturated carbocycles. The summed E-state index contributed by atoms with van der Waals surface area (Å²) in [6, 6.07) is -0.0382. The van der Waals surface area contributed by atoms with Crippen molar-refractivity contribution in [2.75, 3.05) is 18.4 Å². The summed E-state index contributed by atoms with van der Waals surface area (Å²) in [6.45, 7) is 0.891. The number of nitrogens with one attached hydrogen (secondary N) is 2. The molecule has 7 heteroatoms. The van der Waals surface area contributed by atoms with Crippen LogP contribution in [0.5, 0.6) is 0 Å². The monoisotopic (exact) mass is 280 g/mol. The van der Waals surface area contributed by atoms with E-state index >= 15 is 0 Å². The SMILES string of the molecule is Fc1c(F)c(F)c(NCC2CCCCN2)c(F)c1F. The van der Waals surface area contributed by atoms with Gasteiger partial charge in [-0.1, -0.05) is 6.42 Å². The van der Waals surface area contributed by atoms with Crippen LogP contribution in [0.1, 0.15) is 19.3 Å². The Bertz CT molecular complexity index is 443. The van der Waals surface area contributed by atoms with Crippen molar-refractivity contribution < 1.29 is 22.0 Å². The Morgan fingerprint density at radius 1 is 0.895 bits per heavy atom. The third-order valence-corrected chi connectivity index (χ3v) is 3.15. The van der Waals surface area contributed by atoms with Crippen molar-refractivity contribution in [1.82, 2.24) is 5.32 Å². The molecule has 1 aliphatic rings. The van der Waals surface area contributed by atoms with Crippen molar-refractivity contribution >= 4 is 5.69 Å². The van der Waals surface area contributed by atoms with Gasteiger partial charge in [-0.3, -0.25) is 0 Å². The van der Waals surface area contributed by atoms with Gasteiger partial charge in [0.2, 0.25) is 5.82 Å². The van der Waals surface area contributed by atoms with Gasteiger partial charge in [-0.05, 0) is 19.4 Å². The molecule has 0 radical (unpaired) electrons. The van der Waals surface area contributed by atoms with Crippen molar-refractivity contribution in [3.8, 4) is 0 Å². The lowest BCUT2D eigenvalue weighted by molar-refractivity contribution is 0.379. The molecule has 1 aliphatic heterocycles. The Morgan fingerprint density at radius 2 is 1.47 bits per heavy atom. The smallest absolute Gasteiger partial charge is 0.200 e. The van der Waals surface area contributed by atoms with Crippen LogP contribution in [-0.2, 0) is 0 Å². The second-order valence-corrected chi connectivity index (χ2v) is 4.47. The average Bonchev–Trinajstić information content (AvgIpc) is 2.44. The van der Waals surface area contributed by atoms with E-state index in [0.29, 0.717) is 0 Å². The van der Waals surface area contributed by atoms with Gasteiger partial charge in [-0.15, -0.1) is 0 Å². The molecule has 2 rings (SSSR count). The van der Waals surface area contributed by atoms with Crippen molar-refractivity contribution in [3.63, 3.8) is 0 Å². The van der Waals surface area contributed by atoms with Crippen LogP contribution < -0.4 is 10.6 Å². The van der Waals surface area contributed by atoms with Gasteiger partial charge in [0.1, 0.15) is 5.69 Å². The largest absolute Gasteiger partial charge is 0.379 e. The van der Waals surface area contributed by atoms with Crippen LogP contribution in [0.3, 0.4) is 0 Å². The Labute approximate surface area is 107 Å². The fourth-order valence-electron chi connectivity index (χ4n) is 2.08. The van der Waals surface area contributed by atoms with E-state index in [2.05, 4.69) is 10.6 Å². The number of hydrogen-bond donors (Lipinski definition) is 2. The number of hydrogen-bond acceptors (Lipinski definition) is 2. The summed E-state index contributed by atoms with van der Waals surface area (Å²) in [5.41, 5.74) is -0.969. The number of anilines is 1. The molecule has 1 fully saturated rings. The molecule has 0 amide bonds. The highest BCUT2D eigenvalue weighted by Gasteiger charge is 2.26. The third-order valence-electron chi connectivity index (χ3n) is 3.15. The summed E-state index contributed by atoms with van der Waals surface area (Å²) in [7, 11) is 0. The molecule has 1 atom stereocenters. The second-order valence-electron chi connectivity index (χ2n) is 4.47. The van der Waals surface area contributed by atoms with E-state index in [4.69, 9.17) is 0 Å². The van der Waals surface area contributed by atoms with E-state index in [-0.39, 0.29) is 12.6 Å². The Balaban J connectivity index is 2.15. The van der Waals surface area contributed by atoms with Gasteiger partial charge >= 0.3 is 0 Å². The minimum Gasteiger partial charge on any atom is -0.379 e. The lowest BCUT2D eigenvalue weighted by Crippen LogP contribution is -2.39. The van der Waals surface area contributed by atoms with Crippen LogP contribution in [0.15, 0.2) is 0 Å². The van der Waals surface area contributed by atoms with Crippen LogP contribution in [0.2, 0.25) is 0 Å². The first-order chi connectivity index (χ1) is 9.02. The highest BCUT2D eigenvalue weighted by atomic mass is 19.2. The molecule has 2 N–H and O–H groups in total. The quantitative estimate of drug-likeness (QED) is 0.505. The van der Waals surface area contributed by atoms with E-state index in [1.165, 1.54) is 0 Å². The summed E-state index contributed by atoms with van der Waals surface area (Å²) in [6.07, 6.45) is 2.78. The summed E-state index contributed by atoms with van der Waals surface area (Å²) < 4.78 is 65.4. The van der Waals surface area contributed by atoms with Gasteiger partial charge in [-0.2, -0.15) is 0 Å². The van der Waals surface area contributed by atoms with Gasteiger partial charge in [0.05, 0.1) is 0 Å². The van der Waals surface area contributed by atoms with Crippen molar-refractivity contribution in [1.29, 1.82) is 0 Å².